The maximum Gasteiger partial charge on any atom is 0.249 e. The molecular formula is C18H20ClN5O3S2. The van der Waals surface area contributed by atoms with Gasteiger partial charge in [-0.3, -0.25) is 9.69 Å². The van der Waals surface area contributed by atoms with Crippen LogP contribution in [0.1, 0.15) is 11.3 Å². The average molecular weight is 454 g/mol. The molecule has 0 aliphatic rings. The normalized spacial score (nSPS) is 11.0. The number of likely N-dealkylation sites (N-methyl/N-ethyl adjacent to an activating group) is 1. The molecular weight excluding hydrogens is 434 g/mol. The molecule has 1 aromatic carbocycles. The van der Waals surface area contributed by atoms with Crippen LogP contribution in [0.15, 0.2) is 46.8 Å². The van der Waals surface area contributed by atoms with Crippen LogP contribution in [0.2, 0.25) is 0 Å². The molecule has 0 unspecified atom stereocenters. The van der Waals surface area contributed by atoms with Gasteiger partial charge in [0, 0.05) is 18.7 Å². The van der Waals surface area contributed by atoms with Gasteiger partial charge in [-0.1, -0.05) is 23.5 Å². The van der Waals surface area contributed by atoms with Crippen molar-refractivity contribution in [2.45, 2.75) is 17.6 Å². The van der Waals surface area contributed by atoms with E-state index in [9.17, 15) is 13.2 Å². The Bertz CT molecular complexity index is 1130. The van der Waals surface area contributed by atoms with Gasteiger partial charge in [0.25, 0.3) is 0 Å². The summed E-state index contributed by atoms with van der Waals surface area (Å²) in [5.74, 6) is -0.215. The topological polar surface area (TPSA) is 134 Å². The second-order valence-electron chi connectivity index (χ2n) is 6.24. The van der Waals surface area contributed by atoms with Crippen molar-refractivity contribution in [1.29, 1.82) is 0 Å². The first-order valence-corrected chi connectivity index (χ1v) is 10.7. The summed E-state index contributed by atoms with van der Waals surface area (Å²) in [6.07, 6.45) is 1.94. The molecule has 0 saturated heterocycles. The number of rotatable bonds is 5. The number of primary sulfonamides is 1. The summed E-state index contributed by atoms with van der Waals surface area (Å²) in [4.78, 5) is 21.2. The van der Waals surface area contributed by atoms with E-state index in [1.54, 1.807) is 20.2 Å². The largest absolute Gasteiger partial charge is 1.00 e. The van der Waals surface area contributed by atoms with Gasteiger partial charge in [-0.25, -0.2) is 23.5 Å². The standard InChI is InChI=1S/C18H19N5O3S2.ClH/c1-11-17(28(20,25)26)27-18(22-11)23(2)15(24)10-12-5-7-13(8-6-12)16-14(19)4-3-9-21-16;/h3-9H,10,19H2,1-2H3,(H2,20,25,26);1H. The number of benzene rings is 1. The van der Waals surface area contributed by atoms with Crippen LogP contribution in [0.4, 0.5) is 10.8 Å². The molecule has 0 saturated carbocycles. The van der Waals surface area contributed by atoms with Crippen molar-refractivity contribution in [3.8, 4) is 11.3 Å². The lowest BCUT2D eigenvalue weighted by Crippen LogP contribution is -3.00. The van der Waals surface area contributed by atoms with Crippen LogP contribution in [0, 0.1) is 6.92 Å². The van der Waals surface area contributed by atoms with Crippen LogP contribution < -0.4 is 33.2 Å². The van der Waals surface area contributed by atoms with Crippen LogP contribution in [-0.4, -0.2) is 26.4 Å². The maximum absolute atomic E-state index is 12.6. The van der Waals surface area contributed by atoms with Crippen molar-refractivity contribution in [2.75, 3.05) is 17.7 Å². The van der Waals surface area contributed by atoms with Crippen LogP contribution in [-0.2, 0) is 21.2 Å². The van der Waals surface area contributed by atoms with Crippen LogP contribution in [0.25, 0.3) is 11.3 Å². The Balaban J connectivity index is 0.00000300. The second-order valence-corrected chi connectivity index (χ2v) is 8.98. The summed E-state index contributed by atoms with van der Waals surface area (Å²) in [6.45, 7) is 1.54. The Morgan fingerprint density at radius 3 is 2.45 bits per heavy atom. The van der Waals surface area contributed by atoms with Crippen LogP contribution in [0.5, 0.6) is 0 Å². The third kappa shape index (κ3) is 5.10. The SMILES string of the molecule is Cc1nc(N(C)C(=O)Cc2ccc(-c3[nH+]cccc3N)cc2)sc1S(N)(=O)=O.[Cl-]. The lowest BCUT2D eigenvalue weighted by atomic mass is 10.1. The monoisotopic (exact) mass is 453 g/mol. The number of carbonyl (C=O) groups excluding carboxylic acids is 1. The van der Waals surface area contributed by atoms with Gasteiger partial charge in [-0.2, -0.15) is 0 Å². The van der Waals surface area contributed by atoms with Crippen molar-refractivity contribution in [3.05, 3.63) is 53.9 Å². The third-order valence-corrected chi connectivity index (χ3v) is 6.94. The number of aromatic nitrogens is 2. The molecule has 0 bridgehead atoms. The molecule has 2 aromatic heterocycles. The van der Waals surface area contributed by atoms with Crippen molar-refractivity contribution in [1.82, 2.24) is 4.98 Å². The number of thiazole rings is 1. The van der Waals surface area contributed by atoms with Gasteiger partial charge < -0.3 is 18.1 Å². The van der Waals surface area contributed by atoms with E-state index in [0.29, 0.717) is 5.69 Å². The van der Waals surface area contributed by atoms with Crippen molar-refractivity contribution in [2.24, 2.45) is 5.14 Å². The Morgan fingerprint density at radius 2 is 1.90 bits per heavy atom. The number of pyridine rings is 1. The molecule has 11 heteroatoms. The smallest absolute Gasteiger partial charge is 0.249 e. The van der Waals surface area contributed by atoms with Gasteiger partial charge in [0.1, 0.15) is 5.69 Å². The number of anilines is 2. The second kappa shape index (κ2) is 8.87. The van der Waals surface area contributed by atoms with Gasteiger partial charge in [0.15, 0.2) is 15.5 Å². The highest BCUT2D eigenvalue weighted by molar-refractivity contribution is 7.91. The number of sulfonamides is 1. The number of nitrogens with one attached hydrogen (secondary N) is 1. The van der Waals surface area contributed by atoms with Gasteiger partial charge in [0.2, 0.25) is 21.6 Å². The van der Waals surface area contributed by atoms with E-state index >= 15 is 0 Å². The number of hydrogen-bond acceptors (Lipinski definition) is 6. The molecule has 154 valence electrons. The van der Waals surface area contributed by atoms with Gasteiger partial charge in [-0.05, 0) is 30.7 Å². The fraction of sp³-hybridized carbons (Fsp3) is 0.167. The number of nitrogens with zero attached hydrogens (tertiary/aromatic N) is 2. The van der Waals surface area contributed by atoms with Crippen molar-refractivity contribution >= 4 is 38.1 Å². The Kier molecular flexibility index (Phi) is 6.96. The first kappa shape index (κ1) is 22.8. The molecule has 1 amide bonds. The minimum absolute atomic E-state index is 0. The van der Waals surface area contributed by atoms with Gasteiger partial charge in [-0.15, -0.1) is 0 Å². The number of nitrogen functional groups attached to an aromatic ring is 1. The molecule has 29 heavy (non-hydrogen) atoms. The summed E-state index contributed by atoms with van der Waals surface area (Å²) in [6, 6.07) is 11.1. The predicted octanol–water partition coefficient (Wildman–Crippen LogP) is -1.63. The molecule has 2 heterocycles. The first-order valence-electron chi connectivity index (χ1n) is 8.29. The number of amides is 1. The molecule has 3 aromatic rings. The molecule has 0 atom stereocenters. The van der Waals surface area contributed by atoms with Gasteiger partial charge >= 0.3 is 0 Å². The number of nitrogens with two attached hydrogens (primary N) is 2. The van der Waals surface area contributed by atoms with E-state index in [4.69, 9.17) is 10.9 Å². The third-order valence-electron chi connectivity index (χ3n) is 4.15. The number of hydrogen-bond donors (Lipinski definition) is 2. The number of carbonyl (C=O) groups is 1. The number of aryl methyl sites for hydroxylation is 1. The molecule has 0 fully saturated rings. The summed E-state index contributed by atoms with van der Waals surface area (Å²) in [5, 5.41) is 5.46. The van der Waals surface area contributed by atoms with Crippen molar-refractivity contribution < 1.29 is 30.6 Å². The van der Waals surface area contributed by atoms with E-state index in [2.05, 4.69) is 9.97 Å². The summed E-state index contributed by atoms with van der Waals surface area (Å²) >= 11 is 0.878. The highest BCUT2D eigenvalue weighted by atomic mass is 35.5. The van der Waals surface area contributed by atoms with E-state index < -0.39 is 10.0 Å². The molecule has 0 aliphatic carbocycles. The highest BCUT2D eigenvalue weighted by Crippen LogP contribution is 2.29. The predicted molar refractivity (Wildman–Crippen MR) is 108 cm³/mol. The van der Waals surface area contributed by atoms with Gasteiger partial charge in [0.05, 0.1) is 12.1 Å². The Hall–Kier alpha value is -2.53. The summed E-state index contributed by atoms with van der Waals surface area (Å²) in [5.41, 5.74) is 9.43. The zero-order valence-corrected chi connectivity index (χ0v) is 18.1. The van der Waals surface area contributed by atoms with E-state index in [1.165, 1.54) is 4.90 Å². The minimum atomic E-state index is -3.86. The average Bonchev–Trinajstić information content (AvgIpc) is 3.04. The molecule has 5 N–H and O–H groups in total. The zero-order chi connectivity index (χ0) is 20.5. The lowest BCUT2D eigenvalue weighted by Gasteiger charge is -2.13. The lowest BCUT2D eigenvalue weighted by molar-refractivity contribution is -0.363. The summed E-state index contributed by atoms with van der Waals surface area (Å²) in [7, 11) is -2.30. The Labute approximate surface area is 179 Å². The quantitative estimate of drug-likeness (QED) is 0.478. The number of H-pyrrole nitrogens is 1. The first-order chi connectivity index (χ1) is 13.2. The Morgan fingerprint density at radius 1 is 1.24 bits per heavy atom. The zero-order valence-electron chi connectivity index (χ0n) is 15.7. The summed E-state index contributed by atoms with van der Waals surface area (Å²) < 4.78 is 23.1. The fourth-order valence-corrected chi connectivity index (χ4v) is 4.59. The van der Waals surface area contributed by atoms with E-state index in [-0.39, 0.29) is 39.8 Å². The number of halogens is 1. The van der Waals surface area contributed by atoms with Crippen LogP contribution >= 0.6 is 11.3 Å². The van der Waals surface area contributed by atoms with Crippen molar-refractivity contribution in [3.63, 3.8) is 0 Å². The molecule has 8 nitrogen and oxygen atoms in total. The van der Waals surface area contributed by atoms with E-state index in [0.717, 1.165) is 28.2 Å². The fourth-order valence-electron chi connectivity index (χ4n) is 2.67. The maximum atomic E-state index is 12.6. The molecule has 0 spiro atoms. The molecule has 0 radical (unpaired) electrons. The van der Waals surface area contributed by atoms with Crippen LogP contribution in [0.3, 0.4) is 0 Å². The highest BCUT2D eigenvalue weighted by Gasteiger charge is 2.22. The molecule has 0 aliphatic heterocycles. The molecule has 3 rings (SSSR count). The number of aromatic amines is 1. The minimum Gasteiger partial charge on any atom is -1.00 e. The van der Waals surface area contributed by atoms with E-state index in [1.807, 2.05) is 36.4 Å².